The molecule has 1 aromatic rings. The number of rotatable bonds is 8. The number of aryl methyl sites for hydroxylation is 1. The van der Waals surface area contributed by atoms with Crippen LogP contribution in [0.15, 0.2) is 5.38 Å². The van der Waals surface area contributed by atoms with E-state index in [-0.39, 0.29) is 6.42 Å². The number of hydrogen-bond donors (Lipinski definition) is 2. The Labute approximate surface area is 106 Å². The van der Waals surface area contributed by atoms with E-state index in [1.54, 1.807) is 11.3 Å². The lowest BCUT2D eigenvalue weighted by Gasteiger charge is -2.09. The maximum absolute atomic E-state index is 10.4. The highest BCUT2D eigenvalue weighted by atomic mass is 32.1. The number of carbonyl (C=O) groups is 1. The van der Waals surface area contributed by atoms with E-state index in [0.29, 0.717) is 5.92 Å². The van der Waals surface area contributed by atoms with Crippen molar-refractivity contribution in [3.8, 4) is 0 Å². The van der Waals surface area contributed by atoms with E-state index in [1.165, 1.54) is 0 Å². The molecule has 0 spiro atoms. The molecule has 1 unspecified atom stereocenters. The van der Waals surface area contributed by atoms with E-state index >= 15 is 0 Å². The van der Waals surface area contributed by atoms with E-state index in [1.807, 2.05) is 0 Å². The number of hydrogen-bond acceptors (Lipinski definition) is 4. The third-order valence-electron chi connectivity index (χ3n) is 2.68. The molecule has 1 rings (SSSR count). The van der Waals surface area contributed by atoms with Crippen molar-refractivity contribution in [3.63, 3.8) is 0 Å². The largest absolute Gasteiger partial charge is 0.481 e. The molecule has 5 heteroatoms. The minimum atomic E-state index is -0.711. The molecule has 0 aliphatic carbocycles. The maximum Gasteiger partial charge on any atom is 0.303 e. The second-order valence-corrected chi connectivity index (χ2v) is 5.11. The van der Waals surface area contributed by atoms with Crippen LogP contribution < -0.4 is 5.32 Å². The molecule has 4 nitrogen and oxygen atoms in total. The Bertz CT molecular complexity index is 352. The number of nitrogens with zero attached hydrogens (tertiary/aromatic N) is 1. The van der Waals surface area contributed by atoms with Gasteiger partial charge in [0.2, 0.25) is 0 Å². The van der Waals surface area contributed by atoms with Crippen molar-refractivity contribution in [2.75, 3.05) is 11.9 Å². The highest BCUT2D eigenvalue weighted by molar-refractivity contribution is 7.13. The normalized spacial score (nSPS) is 12.4. The maximum atomic E-state index is 10.4. The second kappa shape index (κ2) is 7.27. The fraction of sp³-hybridized carbons (Fsp3) is 0.667. The van der Waals surface area contributed by atoms with Crippen molar-refractivity contribution in [2.45, 2.75) is 39.5 Å². The lowest BCUT2D eigenvalue weighted by Crippen LogP contribution is -2.08. The first-order chi connectivity index (χ1) is 8.11. The average Bonchev–Trinajstić information content (AvgIpc) is 2.74. The SMILES string of the molecule is CCc1csc(NCCC(C)CCC(=O)O)n1. The number of thiazole rings is 1. The number of carboxylic acids is 1. The van der Waals surface area contributed by atoms with Crippen molar-refractivity contribution >= 4 is 22.4 Å². The molecule has 96 valence electrons. The van der Waals surface area contributed by atoms with Crippen LogP contribution in [0, 0.1) is 5.92 Å². The first-order valence-electron chi connectivity index (χ1n) is 6.02. The summed E-state index contributed by atoms with van der Waals surface area (Å²) in [5.41, 5.74) is 1.12. The summed E-state index contributed by atoms with van der Waals surface area (Å²) in [4.78, 5) is 14.8. The van der Waals surface area contributed by atoms with Gasteiger partial charge in [0.1, 0.15) is 0 Å². The Morgan fingerprint density at radius 2 is 2.35 bits per heavy atom. The fourth-order valence-electron chi connectivity index (χ4n) is 1.49. The number of nitrogens with one attached hydrogen (secondary N) is 1. The summed E-state index contributed by atoms with van der Waals surface area (Å²) in [7, 11) is 0. The Balaban J connectivity index is 2.16. The van der Waals surface area contributed by atoms with E-state index in [2.05, 4.69) is 29.5 Å². The molecule has 0 aliphatic heterocycles. The Hall–Kier alpha value is -1.10. The third kappa shape index (κ3) is 5.68. The highest BCUT2D eigenvalue weighted by Crippen LogP contribution is 2.16. The molecule has 0 saturated heterocycles. The molecule has 0 aliphatic rings. The number of aliphatic carboxylic acids is 1. The van der Waals surface area contributed by atoms with Gasteiger partial charge in [-0.15, -0.1) is 11.3 Å². The van der Waals surface area contributed by atoms with Gasteiger partial charge in [-0.3, -0.25) is 4.79 Å². The van der Waals surface area contributed by atoms with Crippen molar-refractivity contribution in [1.82, 2.24) is 4.98 Å². The molecule has 0 fully saturated rings. The van der Waals surface area contributed by atoms with Gasteiger partial charge in [0.15, 0.2) is 5.13 Å². The van der Waals surface area contributed by atoms with Crippen molar-refractivity contribution in [3.05, 3.63) is 11.1 Å². The van der Waals surface area contributed by atoms with Gasteiger partial charge in [-0.2, -0.15) is 0 Å². The lowest BCUT2D eigenvalue weighted by molar-refractivity contribution is -0.137. The average molecular weight is 256 g/mol. The van der Waals surface area contributed by atoms with Gasteiger partial charge in [-0.25, -0.2) is 4.98 Å². The molecule has 1 aromatic heterocycles. The molecule has 1 heterocycles. The molecule has 0 saturated carbocycles. The van der Waals surface area contributed by atoms with Gasteiger partial charge in [0.25, 0.3) is 0 Å². The Kier molecular flexibility index (Phi) is 5.97. The molecule has 2 N–H and O–H groups in total. The van der Waals surface area contributed by atoms with Gasteiger partial charge < -0.3 is 10.4 Å². The van der Waals surface area contributed by atoms with Gasteiger partial charge in [0, 0.05) is 18.3 Å². The summed E-state index contributed by atoms with van der Waals surface area (Å²) in [5, 5.41) is 14.9. The third-order valence-corrected chi connectivity index (χ3v) is 3.53. The van der Waals surface area contributed by atoms with Crippen molar-refractivity contribution in [1.29, 1.82) is 0 Å². The van der Waals surface area contributed by atoms with Crippen molar-refractivity contribution in [2.24, 2.45) is 5.92 Å². The quantitative estimate of drug-likeness (QED) is 0.750. The molecule has 0 bridgehead atoms. The number of carboxylic acid groups (broad SMARTS) is 1. The van der Waals surface area contributed by atoms with Crippen LogP contribution in [0.4, 0.5) is 5.13 Å². The van der Waals surface area contributed by atoms with Crippen LogP contribution in [0.1, 0.15) is 38.8 Å². The molecule has 1 atom stereocenters. The Morgan fingerprint density at radius 1 is 1.59 bits per heavy atom. The zero-order valence-corrected chi connectivity index (χ0v) is 11.2. The van der Waals surface area contributed by atoms with Crippen LogP contribution in [0.5, 0.6) is 0 Å². The van der Waals surface area contributed by atoms with E-state index < -0.39 is 5.97 Å². The van der Waals surface area contributed by atoms with Crippen LogP contribution in [0.25, 0.3) is 0 Å². The number of aromatic nitrogens is 1. The van der Waals surface area contributed by atoms with Gasteiger partial charge >= 0.3 is 5.97 Å². The molecule has 0 aromatic carbocycles. The predicted octanol–water partition coefficient (Wildman–Crippen LogP) is 3.01. The van der Waals surface area contributed by atoms with Gasteiger partial charge in [-0.1, -0.05) is 13.8 Å². The van der Waals surface area contributed by atoms with Gasteiger partial charge in [-0.05, 0) is 25.2 Å². The number of anilines is 1. The first-order valence-corrected chi connectivity index (χ1v) is 6.89. The van der Waals surface area contributed by atoms with Crippen LogP contribution in [0.3, 0.4) is 0 Å². The summed E-state index contributed by atoms with van der Waals surface area (Å²) < 4.78 is 0. The van der Waals surface area contributed by atoms with Crippen LogP contribution in [0.2, 0.25) is 0 Å². The monoisotopic (exact) mass is 256 g/mol. The van der Waals surface area contributed by atoms with E-state index in [0.717, 1.165) is 36.6 Å². The standard InChI is InChI=1S/C12H20N2O2S/c1-3-10-8-17-12(14-10)13-7-6-9(2)4-5-11(15)16/h8-9H,3-7H2,1-2H3,(H,13,14)(H,15,16). The predicted molar refractivity (Wildman–Crippen MR) is 70.6 cm³/mol. The van der Waals surface area contributed by atoms with Crippen molar-refractivity contribution < 1.29 is 9.90 Å². The van der Waals surface area contributed by atoms with Gasteiger partial charge in [0.05, 0.1) is 5.69 Å². The highest BCUT2D eigenvalue weighted by Gasteiger charge is 2.06. The Morgan fingerprint density at radius 3 is 2.94 bits per heavy atom. The van der Waals surface area contributed by atoms with Crippen LogP contribution in [-0.4, -0.2) is 22.6 Å². The summed E-state index contributed by atoms with van der Waals surface area (Å²) in [6, 6.07) is 0. The van der Waals surface area contributed by atoms with Crippen LogP contribution >= 0.6 is 11.3 Å². The lowest BCUT2D eigenvalue weighted by atomic mass is 10.0. The zero-order valence-electron chi connectivity index (χ0n) is 10.4. The van der Waals surface area contributed by atoms with E-state index in [9.17, 15) is 4.79 Å². The topological polar surface area (TPSA) is 62.2 Å². The molecule has 0 radical (unpaired) electrons. The van der Waals surface area contributed by atoms with E-state index in [4.69, 9.17) is 5.11 Å². The molecule has 0 amide bonds. The second-order valence-electron chi connectivity index (χ2n) is 4.25. The summed E-state index contributed by atoms with van der Waals surface area (Å²) >= 11 is 1.63. The summed E-state index contributed by atoms with van der Waals surface area (Å²) in [5.74, 6) is -0.276. The van der Waals surface area contributed by atoms with Crippen LogP contribution in [-0.2, 0) is 11.2 Å². The first kappa shape index (κ1) is 14.0. The minimum absolute atomic E-state index is 0.262. The fourth-order valence-corrected chi connectivity index (χ4v) is 2.31. The zero-order chi connectivity index (χ0) is 12.7. The minimum Gasteiger partial charge on any atom is -0.481 e. The molecular weight excluding hydrogens is 236 g/mol. The summed E-state index contributed by atoms with van der Waals surface area (Å²) in [6.45, 7) is 5.04. The molecule has 17 heavy (non-hydrogen) atoms. The summed E-state index contributed by atoms with van der Waals surface area (Å²) in [6.07, 6.45) is 2.95. The smallest absolute Gasteiger partial charge is 0.303 e. The molecular formula is C12H20N2O2S.